The number of rotatable bonds is 63. The summed E-state index contributed by atoms with van der Waals surface area (Å²) in [5, 5.41) is 0. The lowest BCUT2D eigenvalue weighted by atomic mass is 10.0. The van der Waals surface area contributed by atoms with E-state index in [9.17, 15) is 14.4 Å². The van der Waals surface area contributed by atoms with Gasteiger partial charge in [-0.2, -0.15) is 0 Å². The topological polar surface area (TPSA) is 78.9 Å². The van der Waals surface area contributed by atoms with Gasteiger partial charge in [-0.05, 0) is 103 Å². The molecule has 0 aliphatic heterocycles. The smallest absolute Gasteiger partial charge is 0.306 e. The van der Waals surface area contributed by atoms with Gasteiger partial charge in [0.05, 0.1) is 0 Å². The molecule has 0 aliphatic carbocycles. The molecule has 0 spiro atoms. The molecule has 6 heteroatoms. The van der Waals surface area contributed by atoms with Gasteiger partial charge < -0.3 is 14.2 Å². The van der Waals surface area contributed by atoms with Crippen molar-refractivity contribution in [3.63, 3.8) is 0 Å². The van der Waals surface area contributed by atoms with Crippen LogP contribution in [-0.2, 0) is 28.6 Å². The predicted molar refractivity (Wildman–Crippen MR) is 357 cm³/mol. The summed E-state index contributed by atoms with van der Waals surface area (Å²) in [6.45, 7) is 6.43. The van der Waals surface area contributed by atoms with Gasteiger partial charge in [-0.3, -0.25) is 14.4 Å². The molecule has 1 atom stereocenters. The van der Waals surface area contributed by atoms with Crippen molar-refractivity contribution in [2.45, 2.75) is 341 Å². The van der Waals surface area contributed by atoms with E-state index in [0.717, 1.165) is 122 Å². The second kappa shape index (κ2) is 69.6. The fourth-order valence-electron chi connectivity index (χ4n) is 9.88. The molecule has 0 fully saturated rings. The van der Waals surface area contributed by atoms with Crippen molar-refractivity contribution in [1.82, 2.24) is 0 Å². The molecule has 0 rings (SSSR count). The highest BCUT2D eigenvalue weighted by Gasteiger charge is 2.19. The second-order valence-corrected chi connectivity index (χ2v) is 23.0. The summed E-state index contributed by atoms with van der Waals surface area (Å²) in [5.41, 5.74) is 0. The first-order chi connectivity index (χ1) is 40.5. The van der Waals surface area contributed by atoms with Crippen molar-refractivity contribution in [3.8, 4) is 0 Å². The third-order valence-corrected chi connectivity index (χ3v) is 15.0. The van der Waals surface area contributed by atoms with Crippen molar-refractivity contribution in [2.75, 3.05) is 13.2 Å². The maximum absolute atomic E-state index is 12.9. The lowest BCUT2D eigenvalue weighted by Gasteiger charge is -2.18. The molecule has 0 radical (unpaired) electrons. The van der Waals surface area contributed by atoms with Crippen molar-refractivity contribution < 1.29 is 28.6 Å². The van der Waals surface area contributed by atoms with Crippen LogP contribution >= 0.6 is 0 Å². The summed E-state index contributed by atoms with van der Waals surface area (Å²) < 4.78 is 16.9. The fraction of sp³-hybridized carbons (Fsp3) is 0.724. The molecule has 0 saturated carbocycles. The van der Waals surface area contributed by atoms with Gasteiger partial charge >= 0.3 is 17.9 Å². The molecule has 0 aromatic heterocycles. The summed E-state index contributed by atoms with van der Waals surface area (Å²) in [7, 11) is 0. The quantitative estimate of drug-likeness (QED) is 0.0261. The van der Waals surface area contributed by atoms with E-state index in [4.69, 9.17) is 14.2 Å². The van der Waals surface area contributed by atoms with Crippen molar-refractivity contribution in [1.29, 1.82) is 0 Å². The fourth-order valence-corrected chi connectivity index (χ4v) is 9.88. The Kier molecular flexibility index (Phi) is 66.2. The van der Waals surface area contributed by atoms with Gasteiger partial charge in [0.15, 0.2) is 6.10 Å². The first kappa shape index (κ1) is 78.1. The highest BCUT2D eigenvalue weighted by atomic mass is 16.6. The molecule has 6 nitrogen and oxygen atoms in total. The Balaban J connectivity index is 4.14. The Labute approximate surface area is 508 Å². The Morgan fingerprint density at radius 2 is 0.476 bits per heavy atom. The third kappa shape index (κ3) is 66.9. The van der Waals surface area contributed by atoms with Crippen molar-refractivity contribution >= 4 is 17.9 Å². The zero-order chi connectivity index (χ0) is 59.2. The van der Waals surface area contributed by atoms with Crippen LogP contribution in [0.2, 0.25) is 0 Å². The monoisotopic (exact) mass is 1140 g/mol. The average molecular weight is 1140 g/mol. The molecule has 0 aromatic rings. The molecule has 0 aromatic carbocycles. The van der Waals surface area contributed by atoms with E-state index in [1.54, 1.807) is 0 Å². The Bertz CT molecular complexity index is 1640. The van der Waals surface area contributed by atoms with Crippen LogP contribution in [0, 0.1) is 0 Å². The molecule has 470 valence electrons. The Morgan fingerprint density at radius 1 is 0.256 bits per heavy atom. The Hall–Kier alpha value is -3.93. The van der Waals surface area contributed by atoms with Gasteiger partial charge in [0.1, 0.15) is 13.2 Å². The summed E-state index contributed by atoms with van der Waals surface area (Å²) in [5.74, 6) is -0.873. The number of carbonyl (C=O) groups is 3. The first-order valence-electron chi connectivity index (χ1n) is 34.9. The molecule has 0 aliphatic rings. The van der Waals surface area contributed by atoms with E-state index in [1.165, 1.54) is 173 Å². The van der Waals surface area contributed by atoms with Crippen LogP contribution in [0.4, 0.5) is 0 Å². The van der Waals surface area contributed by atoms with Crippen LogP contribution in [0.25, 0.3) is 0 Å². The molecule has 0 amide bonds. The van der Waals surface area contributed by atoms with E-state index in [2.05, 4.69) is 130 Å². The van der Waals surface area contributed by atoms with Crippen LogP contribution in [0.5, 0.6) is 0 Å². The summed E-state index contributed by atoms with van der Waals surface area (Å²) in [6.07, 6.45) is 95.5. The van der Waals surface area contributed by atoms with E-state index >= 15 is 0 Å². The van der Waals surface area contributed by atoms with Crippen molar-refractivity contribution in [2.24, 2.45) is 0 Å². The molecule has 1 unspecified atom stereocenters. The van der Waals surface area contributed by atoms with Crippen molar-refractivity contribution in [3.05, 3.63) is 109 Å². The first-order valence-corrected chi connectivity index (χ1v) is 34.9. The zero-order valence-electron chi connectivity index (χ0n) is 54.0. The molecular formula is C76H130O6. The molecule has 0 heterocycles. The van der Waals surface area contributed by atoms with Gasteiger partial charge in [-0.15, -0.1) is 0 Å². The van der Waals surface area contributed by atoms with E-state index in [-0.39, 0.29) is 31.1 Å². The lowest BCUT2D eigenvalue weighted by Crippen LogP contribution is -2.30. The van der Waals surface area contributed by atoms with Crippen LogP contribution < -0.4 is 0 Å². The standard InChI is InChI=1S/C76H130O6/c1-4-7-10-13-16-19-22-24-26-28-30-32-33-34-35-36-37-38-39-40-41-42-43-45-46-48-50-52-54-57-60-63-66-69-75(78)81-72-73(71-80-74(77)68-65-62-59-56-21-18-15-12-9-6-3)82-76(79)70-67-64-61-58-55-53-51-49-47-44-31-29-27-25-23-20-17-14-11-8-5-2/h7-8,10-11,16-17,19-20,24-27,30-32,34-35,44,73H,4-6,9,12-15,18,21-23,28-29,33,36-43,45-72H2,1-3H3/b10-7-,11-8-,19-16-,20-17-,26-24-,27-25-,32-30-,35-34-,44-31-. The van der Waals surface area contributed by atoms with Gasteiger partial charge in [-0.25, -0.2) is 0 Å². The normalized spacial score (nSPS) is 12.8. The van der Waals surface area contributed by atoms with Gasteiger partial charge in [-0.1, -0.05) is 323 Å². The number of carbonyl (C=O) groups excluding carboxylic acids is 3. The average Bonchev–Trinajstić information content (AvgIpc) is 3.48. The number of ether oxygens (including phenoxy) is 3. The highest BCUT2D eigenvalue weighted by molar-refractivity contribution is 5.71. The summed E-state index contributed by atoms with van der Waals surface area (Å²) >= 11 is 0. The highest BCUT2D eigenvalue weighted by Crippen LogP contribution is 2.17. The van der Waals surface area contributed by atoms with Crippen LogP contribution in [0.15, 0.2) is 109 Å². The van der Waals surface area contributed by atoms with Crippen LogP contribution in [0.1, 0.15) is 335 Å². The number of allylic oxidation sites excluding steroid dienone is 18. The largest absolute Gasteiger partial charge is 0.462 e. The van der Waals surface area contributed by atoms with Gasteiger partial charge in [0.25, 0.3) is 0 Å². The minimum Gasteiger partial charge on any atom is -0.462 e. The van der Waals surface area contributed by atoms with Gasteiger partial charge in [0.2, 0.25) is 0 Å². The SMILES string of the molecule is CC/C=C\C/C=C\C/C=C\C/C=C\C/C=C\CCCCCCCCCCCCCCCCCCCC(=O)OCC(COC(=O)CCCCCCCCCCCC)OC(=O)CCCCCCCCCC/C=C\C/C=C\C/C=C\C/C=C\CC. The van der Waals surface area contributed by atoms with E-state index < -0.39 is 6.10 Å². The predicted octanol–water partition coefficient (Wildman–Crippen LogP) is 24.2. The molecule has 0 N–H and O–H groups in total. The second-order valence-electron chi connectivity index (χ2n) is 23.0. The minimum atomic E-state index is -0.781. The zero-order valence-corrected chi connectivity index (χ0v) is 54.0. The molecular weight excluding hydrogens is 1010 g/mol. The molecule has 0 saturated heterocycles. The molecule has 0 bridgehead atoms. The number of esters is 3. The summed E-state index contributed by atoms with van der Waals surface area (Å²) in [4.78, 5) is 38.3. The van der Waals surface area contributed by atoms with E-state index in [0.29, 0.717) is 19.3 Å². The Morgan fingerprint density at radius 3 is 0.744 bits per heavy atom. The third-order valence-electron chi connectivity index (χ3n) is 15.0. The maximum Gasteiger partial charge on any atom is 0.306 e. The van der Waals surface area contributed by atoms with Gasteiger partial charge in [0, 0.05) is 19.3 Å². The van der Waals surface area contributed by atoms with E-state index in [1.807, 2.05) is 0 Å². The van der Waals surface area contributed by atoms with Crippen LogP contribution in [0.3, 0.4) is 0 Å². The number of unbranched alkanes of at least 4 members (excludes halogenated alkanes) is 34. The minimum absolute atomic E-state index is 0.0772. The van der Waals surface area contributed by atoms with Crippen LogP contribution in [-0.4, -0.2) is 37.2 Å². The summed E-state index contributed by atoms with van der Waals surface area (Å²) in [6, 6.07) is 0. The number of hydrogen-bond donors (Lipinski definition) is 0. The number of hydrogen-bond acceptors (Lipinski definition) is 6. The molecule has 82 heavy (non-hydrogen) atoms. The maximum atomic E-state index is 12.9. The lowest BCUT2D eigenvalue weighted by molar-refractivity contribution is -0.167.